The van der Waals surface area contributed by atoms with Crippen molar-refractivity contribution < 1.29 is 18.9 Å². The highest BCUT2D eigenvalue weighted by molar-refractivity contribution is 5.49. The van der Waals surface area contributed by atoms with E-state index >= 15 is 0 Å². The number of hydrogen-bond donors (Lipinski definition) is 0. The molecule has 7 nitrogen and oxygen atoms in total. The second kappa shape index (κ2) is 5.34. The maximum absolute atomic E-state index is 5.69. The Hall–Kier alpha value is -2.12. The summed E-state index contributed by atoms with van der Waals surface area (Å²) in [6, 6.07) is 5.71. The molecule has 1 fully saturated rings. The fourth-order valence-corrected chi connectivity index (χ4v) is 2.47. The van der Waals surface area contributed by atoms with Crippen LogP contribution in [0, 0.1) is 0 Å². The zero-order valence-corrected chi connectivity index (χ0v) is 11.4. The lowest BCUT2D eigenvalue weighted by Gasteiger charge is -2.23. The summed E-state index contributed by atoms with van der Waals surface area (Å²) in [4.78, 5) is 4.30. The molecule has 110 valence electrons. The molecule has 1 atom stereocenters. The van der Waals surface area contributed by atoms with Gasteiger partial charge in [0.15, 0.2) is 17.3 Å². The summed E-state index contributed by atoms with van der Waals surface area (Å²) in [5, 5.41) is 4.28. The van der Waals surface area contributed by atoms with Crippen LogP contribution in [0.2, 0.25) is 0 Å². The Morgan fingerprint density at radius 3 is 2.81 bits per heavy atom. The fraction of sp³-hybridized carbons (Fsp3) is 0.429. The fourth-order valence-electron chi connectivity index (χ4n) is 2.47. The quantitative estimate of drug-likeness (QED) is 0.825. The number of nitrogens with zero attached hydrogens (tertiary/aromatic N) is 3. The molecule has 0 aliphatic carbocycles. The molecule has 0 unspecified atom stereocenters. The van der Waals surface area contributed by atoms with E-state index in [0.29, 0.717) is 33.0 Å². The molecule has 2 aromatic rings. The highest BCUT2D eigenvalue weighted by Crippen LogP contribution is 2.32. The van der Waals surface area contributed by atoms with Crippen molar-refractivity contribution in [2.24, 2.45) is 0 Å². The molecule has 21 heavy (non-hydrogen) atoms. The minimum absolute atomic E-state index is 0.200. The molecule has 1 aromatic heterocycles. The Morgan fingerprint density at radius 2 is 1.95 bits per heavy atom. The highest BCUT2D eigenvalue weighted by atomic mass is 16.6. The standard InChI is InChI=1S/C14H15N3O4/c1-2-11-12(20-6-5-19-11)7-10(1)17-14(15-9-16-17)13-8-18-3-4-21-13/h1-2,7,9,13H,3-6,8H2/t13-/m0/s1. The van der Waals surface area contributed by atoms with Crippen molar-refractivity contribution in [1.29, 1.82) is 0 Å². The van der Waals surface area contributed by atoms with Gasteiger partial charge in [0, 0.05) is 6.07 Å². The minimum Gasteiger partial charge on any atom is -0.486 e. The first-order valence-electron chi connectivity index (χ1n) is 6.91. The molecule has 3 heterocycles. The number of rotatable bonds is 2. The van der Waals surface area contributed by atoms with Gasteiger partial charge in [-0.2, -0.15) is 5.10 Å². The lowest BCUT2D eigenvalue weighted by Crippen LogP contribution is -2.24. The zero-order chi connectivity index (χ0) is 14.1. The van der Waals surface area contributed by atoms with Crippen LogP contribution in [-0.2, 0) is 9.47 Å². The normalized spacial score (nSPS) is 21.2. The summed E-state index contributed by atoms with van der Waals surface area (Å²) in [5.41, 5.74) is 0.862. The van der Waals surface area contributed by atoms with Crippen LogP contribution >= 0.6 is 0 Å². The van der Waals surface area contributed by atoms with E-state index < -0.39 is 0 Å². The maximum Gasteiger partial charge on any atom is 0.163 e. The molecule has 7 heteroatoms. The molecule has 1 aromatic carbocycles. The third-order valence-electron chi connectivity index (χ3n) is 3.45. The molecular weight excluding hydrogens is 274 g/mol. The average molecular weight is 289 g/mol. The van der Waals surface area contributed by atoms with E-state index in [1.165, 1.54) is 6.33 Å². The van der Waals surface area contributed by atoms with Gasteiger partial charge in [0.05, 0.1) is 25.5 Å². The molecule has 2 aliphatic heterocycles. The monoisotopic (exact) mass is 289 g/mol. The van der Waals surface area contributed by atoms with Crippen molar-refractivity contribution in [1.82, 2.24) is 14.8 Å². The van der Waals surface area contributed by atoms with Gasteiger partial charge in [0.25, 0.3) is 0 Å². The zero-order valence-electron chi connectivity index (χ0n) is 11.4. The number of fused-ring (bicyclic) bond motifs is 1. The summed E-state index contributed by atoms with van der Waals surface area (Å²) < 4.78 is 24.0. The SMILES string of the molecule is c1nc([C@@H]2COCCO2)n(-c2ccc3c(c2)OCCO3)n1. The first kappa shape index (κ1) is 12.6. The molecule has 2 aliphatic rings. The van der Waals surface area contributed by atoms with Crippen LogP contribution in [0.1, 0.15) is 11.9 Å². The van der Waals surface area contributed by atoms with Crippen LogP contribution in [0.15, 0.2) is 24.5 Å². The summed E-state index contributed by atoms with van der Waals surface area (Å²) in [7, 11) is 0. The average Bonchev–Trinajstić information content (AvgIpc) is 3.05. The van der Waals surface area contributed by atoms with Crippen LogP contribution < -0.4 is 9.47 Å². The van der Waals surface area contributed by atoms with E-state index in [0.717, 1.165) is 23.0 Å². The van der Waals surface area contributed by atoms with Crippen molar-refractivity contribution in [2.45, 2.75) is 6.10 Å². The third-order valence-corrected chi connectivity index (χ3v) is 3.45. The van der Waals surface area contributed by atoms with Gasteiger partial charge >= 0.3 is 0 Å². The number of hydrogen-bond acceptors (Lipinski definition) is 6. The van der Waals surface area contributed by atoms with E-state index in [1.807, 2.05) is 18.2 Å². The van der Waals surface area contributed by atoms with E-state index in [2.05, 4.69) is 10.1 Å². The Balaban J connectivity index is 1.68. The molecule has 0 N–H and O–H groups in total. The lowest BCUT2D eigenvalue weighted by atomic mass is 10.2. The van der Waals surface area contributed by atoms with Crippen LogP contribution in [0.3, 0.4) is 0 Å². The van der Waals surface area contributed by atoms with Crippen molar-refractivity contribution in [2.75, 3.05) is 33.0 Å². The molecule has 0 amide bonds. The predicted molar refractivity (Wildman–Crippen MR) is 71.9 cm³/mol. The van der Waals surface area contributed by atoms with Gasteiger partial charge in [0.2, 0.25) is 0 Å². The lowest BCUT2D eigenvalue weighted by molar-refractivity contribution is -0.0942. The highest BCUT2D eigenvalue weighted by Gasteiger charge is 2.23. The Kier molecular flexibility index (Phi) is 3.21. The van der Waals surface area contributed by atoms with Gasteiger partial charge in [-0.05, 0) is 12.1 Å². The second-order valence-electron chi connectivity index (χ2n) is 4.79. The Labute approximate surface area is 121 Å². The predicted octanol–water partition coefficient (Wildman–Crippen LogP) is 1.13. The molecule has 0 saturated carbocycles. The minimum atomic E-state index is -0.200. The molecular formula is C14H15N3O4. The smallest absolute Gasteiger partial charge is 0.163 e. The summed E-state index contributed by atoms with van der Waals surface area (Å²) >= 11 is 0. The number of ether oxygens (including phenoxy) is 4. The van der Waals surface area contributed by atoms with E-state index in [1.54, 1.807) is 4.68 Å². The number of benzene rings is 1. The van der Waals surface area contributed by atoms with E-state index in [4.69, 9.17) is 18.9 Å². The first-order valence-corrected chi connectivity index (χ1v) is 6.91. The van der Waals surface area contributed by atoms with Gasteiger partial charge in [-0.1, -0.05) is 0 Å². The van der Waals surface area contributed by atoms with E-state index in [9.17, 15) is 0 Å². The van der Waals surface area contributed by atoms with Gasteiger partial charge in [0.1, 0.15) is 25.6 Å². The largest absolute Gasteiger partial charge is 0.486 e. The Morgan fingerprint density at radius 1 is 1.05 bits per heavy atom. The molecule has 0 radical (unpaired) electrons. The van der Waals surface area contributed by atoms with Crippen LogP contribution in [0.5, 0.6) is 11.5 Å². The summed E-state index contributed by atoms with van der Waals surface area (Å²) in [6.07, 6.45) is 1.32. The number of aromatic nitrogens is 3. The third kappa shape index (κ3) is 2.34. The van der Waals surface area contributed by atoms with Gasteiger partial charge in [-0.15, -0.1) is 0 Å². The van der Waals surface area contributed by atoms with Crippen LogP contribution in [-0.4, -0.2) is 47.8 Å². The van der Waals surface area contributed by atoms with Crippen molar-refractivity contribution in [3.05, 3.63) is 30.4 Å². The molecule has 4 rings (SSSR count). The second-order valence-corrected chi connectivity index (χ2v) is 4.79. The maximum atomic E-state index is 5.69. The van der Waals surface area contributed by atoms with Gasteiger partial charge in [-0.3, -0.25) is 0 Å². The van der Waals surface area contributed by atoms with Crippen molar-refractivity contribution in [3.8, 4) is 17.2 Å². The Bertz CT molecular complexity index is 637. The van der Waals surface area contributed by atoms with Gasteiger partial charge in [-0.25, -0.2) is 9.67 Å². The van der Waals surface area contributed by atoms with Crippen molar-refractivity contribution >= 4 is 0 Å². The molecule has 0 bridgehead atoms. The van der Waals surface area contributed by atoms with Crippen molar-refractivity contribution in [3.63, 3.8) is 0 Å². The molecule has 1 saturated heterocycles. The topological polar surface area (TPSA) is 67.6 Å². The van der Waals surface area contributed by atoms with Crippen LogP contribution in [0.4, 0.5) is 0 Å². The van der Waals surface area contributed by atoms with Crippen LogP contribution in [0.25, 0.3) is 5.69 Å². The van der Waals surface area contributed by atoms with E-state index in [-0.39, 0.29) is 6.10 Å². The first-order chi connectivity index (χ1) is 10.4. The summed E-state index contributed by atoms with van der Waals surface area (Å²) in [5.74, 6) is 2.20. The summed E-state index contributed by atoms with van der Waals surface area (Å²) in [6.45, 7) is 2.81. The molecule has 0 spiro atoms. The van der Waals surface area contributed by atoms with Gasteiger partial charge < -0.3 is 18.9 Å².